The molecule has 2 heterocycles. The summed E-state index contributed by atoms with van der Waals surface area (Å²) in [5.74, 6) is -1.29. The van der Waals surface area contributed by atoms with E-state index >= 15 is 0 Å². The van der Waals surface area contributed by atoms with E-state index in [-0.39, 0.29) is 17.4 Å². The van der Waals surface area contributed by atoms with Crippen LogP contribution in [0.5, 0.6) is 0 Å². The Bertz CT molecular complexity index is 981. The minimum absolute atomic E-state index is 0.262. The number of rotatable bonds is 6. The number of para-hydroxylation sites is 1. The number of carbonyl (C=O) groups is 3. The Labute approximate surface area is 170 Å². The Hall–Kier alpha value is -2.97. The number of hydrogen-bond donors (Lipinski definition) is 1. The third-order valence-corrected chi connectivity index (χ3v) is 5.71. The number of benzene rings is 1. The summed E-state index contributed by atoms with van der Waals surface area (Å²) in [6, 6.07) is 12.9. The van der Waals surface area contributed by atoms with E-state index in [9.17, 15) is 14.4 Å². The highest BCUT2D eigenvalue weighted by atomic mass is 32.1. The maximum Gasteiger partial charge on any atom is 0.342 e. The third kappa shape index (κ3) is 4.47. The van der Waals surface area contributed by atoms with Gasteiger partial charge in [0.05, 0.1) is 0 Å². The molecule has 0 radical (unpaired) electrons. The summed E-state index contributed by atoms with van der Waals surface area (Å²) in [5, 5.41) is 6.77. The van der Waals surface area contributed by atoms with Crippen molar-refractivity contribution in [1.82, 2.24) is 0 Å². The van der Waals surface area contributed by atoms with Gasteiger partial charge in [0.25, 0.3) is 5.91 Å². The Morgan fingerprint density at radius 3 is 2.46 bits per heavy atom. The average molecular weight is 415 g/mol. The maximum atomic E-state index is 12.8. The van der Waals surface area contributed by atoms with Crippen molar-refractivity contribution < 1.29 is 19.1 Å². The van der Waals surface area contributed by atoms with Gasteiger partial charge in [0, 0.05) is 35.5 Å². The number of esters is 1. The first-order valence-corrected chi connectivity index (χ1v) is 10.1. The number of amides is 2. The number of hydrogen-bond acceptors (Lipinski definition) is 6. The van der Waals surface area contributed by atoms with Crippen molar-refractivity contribution in [3.05, 3.63) is 58.8 Å². The van der Waals surface area contributed by atoms with Gasteiger partial charge in [-0.15, -0.1) is 22.7 Å². The van der Waals surface area contributed by atoms with Crippen molar-refractivity contribution in [2.75, 3.05) is 23.9 Å². The van der Waals surface area contributed by atoms with Crippen LogP contribution in [0.3, 0.4) is 0 Å². The molecule has 0 spiro atoms. The molecule has 0 saturated heterocycles. The van der Waals surface area contributed by atoms with Crippen LogP contribution >= 0.6 is 22.7 Å². The fourth-order valence-corrected chi connectivity index (χ4v) is 4.34. The second-order valence-electron chi connectivity index (χ2n) is 5.88. The lowest BCUT2D eigenvalue weighted by molar-refractivity contribution is -0.121. The highest BCUT2D eigenvalue weighted by Crippen LogP contribution is 2.38. The zero-order valence-electron chi connectivity index (χ0n) is 15.3. The predicted octanol–water partition coefficient (Wildman–Crippen LogP) is 4.25. The van der Waals surface area contributed by atoms with E-state index in [2.05, 4.69) is 5.32 Å². The van der Waals surface area contributed by atoms with Gasteiger partial charge in [-0.3, -0.25) is 9.59 Å². The number of nitrogens with zero attached hydrogens (tertiary/aromatic N) is 1. The average Bonchev–Trinajstić information content (AvgIpc) is 3.35. The van der Waals surface area contributed by atoms with E-state index < -0.39 is 12.6 Å². The van der Waals surface area contributed by atoms with Gasteiger partial charge in [-0.25, -0.2) is 4.79 Å². The van der Waals surface area contributed by atoms with Crippen molar-refractivity contribution in [2.45, 2.75) is 6.92 Å². The first-order chi connectivity index (χ1) is 13.5. The molecule has 28 heavy (non-hydrogen) atoms. The van der Waals surface area contributed by atoms with Crippen molar-refractivity contribution >= 4 is 51.1 Å². The molecule has 0 atom stereocenters. The summed E-state index contributed by atoms with van der Waals surface area (Å²) in [6.07, 6.45) is 0. The van der Waals surface area contributed by atoms with Crippen LogP contribution in [0.1, 0.15) is 17.3 Å². The molecule has 2 aromatic heterocycles. The number of carbonyl (C=O) groups excluding carboxylic acids is 3. The van der Waals surface area contributed by atoms with Crippen LogP contribution in [0.2, 0.25) is 0 Å². The highest BCUT2D eigenvalue weighted by Gasteiger charge is 2.24. The van der Waals surface area contributed by atoms with Crippen molar-refractivity contribution in [3.8, 4) is 10.4 Å². The number of anilines is 2. The zero-order valence-corrected chi connectivity index (χ0v) is 16.9. The van der Waals surface area contributed by atoms with E-state index in [4.69, 9.17) is 4.74 Å². The first kappa shape index (κ1) is 19.8. The van der Waals surface area contributed by atoms with Crippen LogP contribution in [0, 0.1) is 0 Å². The molecule has 0 saturated carbocycles. The smallest absolute Gasteiger partial charge is 0.342 e. The lowest BCUT2D eigenvalue weighted by Crippen LogP contribution is -2.31. The summed E-state index contributed by atoms with van der Waals surface area (Å²) >= 11 is 2.72. The minimum Gasteiger partial charge on any atom is -0.452 e. The van der Waals surface area contributed by atoms with E-state index in [1.165, 1.54) is 34.5 Å². The molecular formula is C20H18N2O4S2. The van der Waals surface area contributed by atoms with Gasteiger partial charge in [0.15, 0.2) is 6.61 Å². The Morgan fingerprint density at radius 2 is 1.82 bits per heavy atom. The summed E-state index contributed by atoms with van der Waals surface area (Å²) in [4.78, 5) is 38.9. The fourth-order valence-electron chi connectivity index (χ4n) is 2.52. The van der Waals surface area contributed by atoms with Crippen molar-refractivity contribution in [3.63, 3.8) is 0 Å². The molecule has 0 unspecified atom stereocenters. The summed E-state index contributed by atoms with van der Waals surface area (Å²) in [6.45, 7) is 0.974. The lowest BCUT2D eigenvalue weighted by atomic mass is 10.1. The number of nitrogens with one attached hydrogen (secondary N) is 1. The van der Waals surface area contributed by atoms with Crippen LogP contribution in [0.4, 0.5) is 10.7 Å². The molecule has 0 aliphatic carbocycles. The Morgan fingerprint density at radius 1 is 1.07 bits per heavy atom. The third-order valence-electron chi connectivity index (χ3n) is 3.92. The number of ether oxygens (including phenoxy) is 1. The van der Waals surface area contributed by atoms with E-state index in [1.807, 2.05) is 35.7 Å². The topological polar surface area (TPSA) is 75.7 Å². The van der Waals surface area contributed by atoms with E-state index in [1.54, 1.807) is 24.6 Å². The van der Waals surface area contributed by atoms with E-state index in [0.717, 1.165) is 4.88 Å². The van der Waals surface area contributed by atoms with E-state index in [0.29, 0.717) is 16.3 Å². The summed E-state index contributed by atoms with van der Waals surface area (Å²) in [5.41, 5.74) is 1.65. The predicted molar refractivity (Wildman–Crippen MR) is 112 cm³/mol. The lowest BCUT2D eigenvalue weighted by Gasteiger charge is -2.17. The van der Waals surface area contributed by atoms with Crippen LogP contribution in [-0.4, -0.2) is 31.4 Å². The summed E-state index contributed by atoms with van der Waals surface area (Å²) < 4.78 is 5.28. The van der Waals surface area contributed by atoms with Gasteiger partial charge in [0.1, 0.15) is 10.6 Å². The molecule has 2 amide bonds. The van der Waals surface area contributed by atoms with Gasteiger partial charge >= 0.3 is 5.97 Å². The van der Waals surface area contributed by atoms with Crippen LogP contribution in [-0.2, 0) is 14.3 Å². The zero-order chi connectivity index (χ0) is 20.1. The fraction of sp³-hybridized carbons (Fsp3) is 0.150. The van der Waals surface area contributed by atoms with Crippen LogP contribution in [0.15, 0.2) is 53.2 Å². The highest BCUT2D eigenvalue weighted by molar-refractivity contribution is 7.17. The number of likely N-dealkylation sites (N-methyl/N-ethyl adjacent to an activating group) is 1. The van der Waals surface area contributed by atoms with Crippen molar-refractivity contribution in [1.29, 1.82) is 0 Å². The molecule has 1 N–H and O–H groups in total. The molecule has 8 heteroatoms. The maximum absolute atomic E-state index is 12.8. The molecule has 1 aromatic carbocycles. The second kappa shape index (κ2) is 8.81. The number of thiophene rings is 2. The molecule has 0 aliphatic rings. The molecule has 0 fully saturated rings. The first-order valence-electron chi connectivity index (χ1n) is 8.39. The second-order valence-corrected chi connectivity index (χ2v) is 7.70. The van der Waals surface area contributed by atoms with Crippen LogP contribution in [0.25, 0.3) is 10.4 Å². The van der Waals surface area contributed by atoms with Gasteiger partial charge in [-0.2, -0.15) is 0 Å². The molecule has 0 bridgehead atoms. The standard InChI is InChI=1S/C20H18N2O4S2/c1-13(23)21-19-18(15(12-28-19)16-9-6-10-27-16)20(25)26-11-17(24)22(2)14-7-4-3-5-8-14/h3-10,12H,11H2,1-2H3,(H,21,23). The molecule has 6 nitrogen and oxygen atoms in total. The molecule has 3 aromatic rings. The molecular weight excluding hydrogens is 396 g/mol. The Balaban J connectivity index is 1.77. The largest absolute Gasteiger partial charge is 0.452 e. The minimum atomic E-state index is -0.650. The van der Waals surface area contributed by atoms with Gasteiger partial charge in [-0.05, 0) is 23.6 Å². The Kier molecular flexibility index (Phi) is 6.23. The van der Waals surface area contributed by atoms with Crippen molar-refractivity contribution in [2.24, 2.45) is 0 Å². The van der Waals surface area contributed by atoms with Crippen LogP contribution < -0.4 is 10.2 Å². The molecule has 3 rings (SSSR count). The molecule has 144 valence electrons. The van der Waals surface area contributed by atoms with Gasteiger partial charge < -0.3 is 15.0 Å². The monoisotopic (exact) mass is 414 g/mol. The quantitative estimate of drug-likeness (QED) is 0.612. The SMILES string of the molecule is CC(=O)Nc1scc(-c2cccs2)c1C(=O)OCC(=O)N(C)c1ccccc1. The molecule has 0 aliphatic heterocycles. The van der Waals surface area contributed by atoms with Gasteiger partial charge in [-0.1, -0.05) is 24.3 Å². The normalized spacial score (nSPS) is 10.4. The summed E-state index contributed by atoms with van der Waals surface area (Å²) in [7, 11) is 1.62. The van der Waals surface area contributed by atoms with Gasteiger partial charge in [0.2, 0.25) is 5.91 Å².